The van der Waals surface area contributed by atoms with Crippen LogP contribution in [0.5, 0.6) is 0 Å². The highest BCUT2D eigenvalue weighted by Crippen LogP contribution is 2.64. The molecule has 0 saturated heterocycles. The predicted octanol–water partition coefficient (Wildman–Crippen LogP) is -0.719. The van der Waals surface area contributed by atoms with Crippen LogP contribution in [0.4, 0.5) is 0 Å². The van der Waals surface area contributed by atoms with E-state index in [0.29, 0.717) is 12.3 Å². The summed E-state index contributed by atoms with van der Waals surface area (Å²) in [6.45, 7) is 0. The number of hydrogen-bond acceptors (Lipinski definition) is 2. The summed E-state index contributed by atoms with van der Waals surface area (Å²) >= 11 is 0. The summed E-state index contributed by atoms with van der Waals surface area (Å²) in [6.07, 6.45) is 2.94. The predicted molar refractivity (Wildman–Crippen MR) is 162 cm³/mol. The topological polar surface area (TPSA) is 74.6 Å². The van der Waals surface area contributed by atoms with E-state index in [1.54, 1.807) is 0 Å². The Morgan fingerprint density at radius 2 is 0.650 bits per heavy atom. The first-order valence-electron chi connectivity index (χ1n) is 12.9. The first-order valence-corrected chi connectivity index (χ1v) is 17.2. The normalized spacial score (nSPS) is 11.1. The molecule has 0 radical (unpaired) electrons. The minimum absolute atomic E-state index is 0. The van der Waals surface area contributed by atoms with Crippen molar-refractivity contribution in [1.82, 2.24) is 0 Å². The third kappa shape index (κ3) is 7.93. The van der Waals surface area contributed by atoms with Crippen LogP contribution in [0.3, 0.4) is 0 Å². The maximum absolute atomic E-state index is 11.9. The summed E-state index contributed by atoms with van der Waals surface area (Å²) in [5.74, 6) is -1.58. The maximum atomic E-state index is 11.9. The molecule has 0 saturated carbocycles. The molecular formula is C32H34Cl2O4P2. The molecular weight excluding hydrogens is 581 g/mol. The van der Waals surface area contributed by atoms with Gasteiger partial charge in [0, 0.05) is 0 Å². The summed E-state index contributed by atoms with van der Waals surface area (Å²) in [6, 6.07) is 41.4. The summed E-state index contributed by atoms with van der Waals surface area (Å²) in [7, 11) is -4.28. The van der Waals surface area contributed by atoms with Gasteiger partial charge in [0.25, 0.3) is 0 Å². The molecule has 0 aliphatic heterocycles. The number of hydrogen-bond donors (Lipinski definition) is 2. The van der Waals surface area contributed by atoms with Crippen molar-refractivity contribution in [3.63, 3.8) is 0 Å². The lowest BCUT2D eigenvalue weighted by Crippen LogP contribution is -3.00. The molecule has 4 aromatic carbocycles. The second-order valence-corrected chi connectivity index (χ2v) is 17.2. The third-order valence-corrected chi connectivity index (χ3v) is 16.7. The van der Waals surface area contributed by atoms with Crippen molar-refractivity contribution in [2.45, 2.75) is 12.8 Å². The molecule has 0 bridgehead atoms. The zero-order chi connectivity index (χ0) is 26.8. The maximum Gasteiger partial charge on any atom is 0.307 e. The molecule has 8 heteroatoms. The highest BCUT2D eigenvalue weighted by atomic mass is 35.5. The molecule has 0 amide bonds. The molecule has 4 rings (SSSR count). The minimum atomic E-state index is -2.14. The number of halogens is 2. The van der Waals surface area contributed by atoms with E-state index in [-0.39, 0.29) is 37.7 Å². The molecule has 0 fully saturated rings. The lowest BCUT2D eigenvalue weighted by Gasteiger charge is -2.32. The fourth-order valence-electron chi connectivity index (χ4n) is 5.32. The van der Waals surface area contributed by atoms with Gasteiger partial charge in [0.2, 0.25) is 0 Å². The molecule has 0 spiro atoms. The Balaban J connectivity index is 0.00000280. The summed E-state index contributed by atoms with van der Waals surface area (Å²) < 4.78 is 0. The largest absolute Gasteiger partial charge is 1.00 e. The van der Waals surface area contributed by atoms with Crippen LogP contribution in [0.15, 0.2) is 121 Å². The zero-order valence-corrected chi connectivity index (χ0v) is 25.5. The Hall–Kier alpha value is -2.74. The van der Waals surface area contributed by atoms with E-state index in [2.05, 4.69) is 48.5 Å². The molecule has 2 N–H and O–H groups in total. The van der Waals surface area contributed by atoms with E-state index < -0.39 is 26.5 Å². The number of carbonyl (C=O) groups is 2. The van der Waals surface area contributed by atoms with Gasteiger partial charge in [-0.05, 0) is 48.5 Å². The van der Waals surface area contributed by atoms with Gasteiger partial charge in [-0.3, -0.25) is 9.59 Å². The molecule has 4 nitrogen and oxygen atoms in total. The quantitative estimate of drug-likeness (QED) is 0.195. The summed E-state index contributed by atoms with van der Waals surface area (Å²) in [5.41, 5.74) is 0. The van der Waals surface area contributed by atoms with Gasteiger partial charge in [-0.2, -0.15) is 0 Å². The third-order valence-electron chi connectivity index (χ3n) is 7.28. The molecule has 0 unspecified atom stereocenters. The Morgan fingerprint density at radius 1 is 0.425 bits per heavy atom. The van der Waals surface area contributed by atoms with Gasteiger partial charge in [0.1, 0.15) is 12.3 Å². The van der Waals surface area contributed by atoms with Crippen LogP contribution in [0, 0.1) is 0 Å². The molecule has 0 atom stereocenters. The van der Waals surface area contributed by atoms with E-state index in [9.17, 15) is 19.8 Å². The molecule has 0 heterocycles. The lowest BCUT2D eigenvalue weighted by molar-refractivity contribution is -0.137. The number of carboxylic acids is 2. The van der Waals surface area contributed by atoms with E-state index in [4.69, 9.17) is 0 Å². The Kier molecular flexibility index (Phi) is 13.3. The van der Waals surface area contributed by atoms with Gasteiger partial charge in [-0.1, -0.05) is 72.8 Å². The van der Waals surface area contributed by atoms with Gasteiger partial charge in [-0.15, -0.1) is 0 Å². The molecule has 0 aliphatic rings. The van der Waals surface area contributed by atoms with Gasteiger partial charge in [0.05, 0.1) is 60.9 Å². The fraction of sp³-hybridized carbons (Fsp3) is 0.188. The Labute approximate surface area is 250 Å². The number of benzene rings is 4. The van der Waals surface area contributed by atoms with Crippen molar-refractivity contribution in [3.8, 4) is 0 Å². The lowest BCUT2D eigenvalue weighted by atomic mass is 10.4. The van der Waals surface area contributed by atoms with Crippen molar-refractivity contribution < 1.29 is 44.6 Å². The second-order valence-electron chi connectivity index (χ2n) is 9.46. The first-order chi connectivity index (χ1) is 18.5. The van der Waals surface area contributed by atoms with Crippen molar-refractivity contribution in [2.24, 2.45) is 0 Å². The van der Waals surface area contributed by atoms with Crippen LogP contribution in [0.1, 0.15) is 12.8 Å². The SMILES string of the molecule is O=C(O)CC[P+](CC[P+](CCC(=O)O)(c1ccccc1)c1ccccc1)(c1ccccc1)c1ccccc1.[Cl-].[Cl-]. The van der Waals surface area contributed by atoms with Crippen LogP contribution < -0.4 is 46.0 Å². The van der Waals surface area contributed by atoms with Crippen LogP contribution in [0.2, 0.25) is 0 Å². The van der Waals surface area contributed by atoms with E-state index in [1.807, 2.05) is 72.8 Å². The summed E-state index contributed by atoms with van der Waals surface area (Å²) in [4.78, 5) is 23.8. The molecule has 4 aromatic rings. The smallest absolute Gasteiger partial charge is 0.307 e. The van der Waals surface area contributed by atoms with Crippen molar-refractivity contribution in [2.75, 3.05) is 24.6 Å². The average molecular weight is 615 g/mol. The van der Waals surface area contributed by atoms with Crippen LogP contribution in [-0.4, -0.2) is 46.8 Å². The van der Waals surface area contributed by atoms with Gasteiger partial charge < -0.3 is 35.0 Å². The minimum Gasteiger partial charge on any atom is -1.00 e. The zero-order valence-electron chi connectivity index (χ0n) is 22.2. The van der Waals surface area contributed by atoms with Crippen molar-refractivity contribution in [3.05, 3.63) is 121 Å². The number of carboxylic acid groups (broad SMARTS) is 2. The Morgan fingerprint density at radius 3 is 0.850 bits per heavy atom. The Bertz CT molecular complexity index is 1140. The number of aliphatic carboxylic acids is 2. The monoisotopic (exact) mass is 614 g/mol. The molecule has 0 aliphatic carbocycles. The van der Waals surface area contributed by atoms with Gasteiger partial charge in [-0.25, -0.2) is 0 Å². The van der Waals surface area contributed by atoms with E-state index in [1.165, 1.54) is 21.2 Å². The van der Waals surface area contributed by atoms with Crippen LogP contribution in [-0.2, 0) is 9.59 Å². The molecule has 40 heavy (non-hydrogen) atoms. The van der Waals surface area contributed by atoms with E-state index >= 15 is 0 Å². The average Bonchev–Trinajstić information content (AvgIpc) is 2.96. The molecule has 210 valence electrons. The highest BCUT2D eigenvalue weighted by molar-refractivity contribution is 7.93. The highest BCUT2D eigenvalue weighted by Gasteiger charge is 2.50. The van der Waals surface area contributed by atoms with Crippen LogP contribution >= 0.6 is 14.5 Å². The van der Waals surface area contributed by atoms with Gasteiger partial charge in [0.15, 0.2) is 0 Å². The van der Waals surface area contributed by atoms with Crippen molar-refractivity contribution in [1.29, 1.82) is 0 Å². The first kappa shape index (κ1) is 33.5. The second kappa shape index (κ2) is 15.9. The van der Waals surface area contributed by atoms with Crippen molar-refractivity contribution >= 4 is 47.7 Å². The number of rotatable bonds is 13. The van der Waals surface area contributed by atoms with Crippen LogP contribution in [0.25, 0.3) is 0 Å². The standard InChI is InChI=1S/C32H32O4P2.2ClH/c33-31(34)21-23-37(27-13-5-1-6-14-27,28-15-7-2-8-16-28)25-26-38(24-22-32(35)36,29-17-9-3-10-18-29)30-19-11-4-12-20-30;;/h1-20H,21-26H2;2*1H. The summed E-state index contributed by atoms with van der Waals surface area (Å²) in [5, 5.41) is 24.3. The van der Waals surface area contributed by atoms with E-state index in [0.717, 1.165) is 12.3 Å². The molecule has 0 aromatic heterocycles. The van der Waals surface area contributed by atoms with Gasteiger partial charge >= 0.3 is 11.9 Å². The fourth-order valence-corrected chi connectivity index (χ4v) is 15.3.